The summed E-state index contributed by atoms with van der Waals surface area (Å²) < 4.78 is 0. The maximum Gasteiger partial charge on any atom is -0.0233 e. The Morgan fingerprint density at radius 2 is 1.14 bits per heavy atom. The Morgan fingerprint density at radius 3 is 1.71 bits per heavy atom. The first-order valence-corrected chi connectivity index (χ1v) is 9.10. The monoisotopic (exact) mass is 218 g/mol. The van der Waals surface area contributed by atoms with E-state index < -0.39 is 0 Å². The third-order valence-corrected chi connectivity index (χ3v) is 5.64. The second-order valence-corrected chi connectivity index (χ2v) is 9.29. The molecule has 0 bridgehead atoms. The molecule has 0 heterocycles. The van der Waals surface area contributed by atoms with E-state index in [1.165, 1.54) is 56.5 Å². The van der Waals surface area contributed by atoms with Crippen molar-refractivity contribution in [1.29, 1.82) is 0 Å². The van der Waals surface area contributed by atoms with Crippen LogP contribution < -0.4 is 0 Å². The van der Waals surface area contributed by atoms with E-state index in [4.69, 9.17) is 0 Å². The molecule has 0 aromatic carbocycles. The molecule has 0 fully saturated rings. The smallest absolute Gasteiger partial charge is 0.0233 e. The number of hydrogen-bond donors (Lipinski definition) is 0. The van der Waals surface area contributed by atoms with Gasteiger partial charge in [0, 0.05) is 0 Å². The molecule has 0 unspecified atom stereocenters. The Bertz CT molecular complexity index is 118. The van der Waals surface area contributed by atoms with Gasteiger partial charge in [-0.3, -0.25) is 0 Å². The van der Waals surface area contributed by atoms with Crippen LogP contribution >= 0.6 is 10.0 Å². The molecule has 0 N–H and O–H groups in total. The fourth-order valence-electron chi connectivity index (χ4n) is 1.73. The normalized spacial score (nSPS) is 13.1. The molecule has 0 aliphatic heterocycles. The van der Waals surface area contributed by atoms with E-state index in [1.54, 1.807) is 0 Å². The van der Waals surface area contributed by atoms with E-state index in [1.807, 2.05) is 0 Å². The summed E-state index contributed by atoms with van der Waals surface area (Å²) >= 11 is 0. The van der Waals surface area contributed by atoms with Crippen LogP contribution in [-0.2, 0) is 0 Å². The largest absolute Gasteiger partial charge is 0.247 e. The van der Waals surface area contributed by atoms with E-state index in [0.717, 1.165) is 0 Å². The minimum Gasteiger partial charge on any atom is -0.247 e. The lowest BCUT2D eigenvalue weighted by atomic mass is 10.2. The molecule has 0 aromatic heterocycles. The average Bonchev–Trinajstić information content (AvgIpc) is 2.15. The zero-order valence-electron chi connectivity index (χ0n) is 10.8. The molecule has 0 aliphatic rings. The third kappa shape index (κ3) is 8.93. The highest BCUT2D eigenvalue weighted by atomic mass is 32.3. The molecule has 0 atom stereocenters. The first-order chi connectivity index (χ1) is 6.62. The summed E-state index contributed by atoms with van der Waals surface area (Å²) in [5.41, 5.74) is 0. The van der Waals surface area contributed by atoms with Gasteiger partial charge in [-0.15, -0.1) is 0 Å². The van der Waals surface area contributed by atoms with Crippen LogP contribution in [0.1, 0.15) is 58.8 Å². The maximum atomic E-state index is 2.52. The third-order valence-electron chi connectivity index (χ3n) is 2.85. The number of hydrogen-bond acceptors (Lipinski definition) is 0. The summed E-state index contributed by atoms with van der Waals surface area (Å²) in [5.74, 6) is 3.01. The molecule has 0 aromatic rings. The van der Waals surface area contributed by atoms with Crippen LogP contribution in [0.5, 0.6) is 0 Å². The predicted molar refractivity (Wildman–Crippen MR) is 72.8 cm³/mol. The molecular formula is C13H30S. The molecule has 0 radical (unpaired) electrons. The van der Waals surface area contributed by atoms with Crippen LogP contribution in [0.15, 0.2) is 0 Å². The zero-order valence-corrected chi connectivity index (χ0v) is 11.6. The second kappa shape index (κ2) is 8.64. The van der Waals surface area contributed by atoms with Gasteiger partial charge in [-0.2, -0.15) is 0 Å². The highest BCUT2D eigenvalue weighted by molar-refractivity contribution is 8.32. The van der Waals surface area contributed by atoms with Gasteiger partial charge in [0.05, 0.1) is 0 Å². The maximum absolute atomic E-state index is 2.52. The lowest BCUT2D eigenvalue weighted by Crippen LogP contribution is -2.06. The van der Waals surface area contributed by atoms with Gasteiger partial charge < -0.3 is 0 Å². The van der Waals surface area contributed by atoms with Crippen molar-refractivity contribution in [3.05, 3.63) is 0 Å². The van der Waals surface area contributed by atoms with E-state index in [0.29, 0.717) is 0 Å². The van der Waals surface area contributed by atoms with E-state index in [9.17, 15) is 0 Å². The van der Waals surface area contributed by atoms with Crippen LogP contribution in [-0.4, -0.2) is 24.0 Å². The van der Waals surface area contributed by atoms with Crippen molar-refractivity contribution in [1.82, 2.24) is 0 Å². The molecule has 0 amide bonds. The molecule has 1 heteroatoms. The van der Waals surface area contributed by atoms with E-state index >= 15 is 0 Å². The standard InChI is InChI=1S/C13H30S/c1-5-7-9-10-11-13-14(3,4)12-8-6-2/h5-13H2,1-4H3. The van der Waals surface area contributed by atoms with Gasteiger partial charge in [-0.05, 0) is 36.9 Å². The molecule has 14 heavy (non-hydrogen) atoms. The SMILES string of the molecule is CCCCCCCS(C)(C)CCCC. The van der Waals surface area contributed by atoms with Crippen LogP contribution in [0.25, 0.3) is 0 Å². The summed E-state index contributed by atoms with van der Waals surface area (Å²) in [7, 11) is -0.231. The van der Waals surface area contributed by atoms with Gasteiger partial charge in [0.2, 0.25) is 0 Å². The van der Waals surface area contributed by atoms with Gasteiger partial charge in [-0.25, -0.2) is 10.0 Å². The lowest BCUT2D eigenvalue weighted by Gasteiger charge is -2.31. The molecular weight excluding hydrogens is 188 g/mol. The highest BCUT2D eigenvalue weighted by Gasteiger charge is 2.09. The van der Waals surface area contributed by atoms with Gasteiger partial charge >= 0.3 is 0 Å². The van der Waals surface area contributed by atoms with Crippen LogP contribution in [0.3, 0.4) is 0 Å². The first kappa shape index (κ1) is 14.3. The fourth-order valence-corrected chi connectivity index (χ4v) is 3.99. The quantitative estimate of drug-likeness (QED) is 0.487. The van der Waals surface area contributed by atoms with Crippen LogP contribution in [0.4, 0.5) is 0 Å². The van der Waals surface area contributed by atoms with Gasteiger partial charge in [0.25, 0.3) is 0 Å². The predicted octanol–water partition coefficient (Wildman–Crippen LogP) is 4.82. The van der Waals surface area contributed by atoms with Crippen molar-refractivity contribution in [2.75, 3.05) is 24.0 Å². The van der Waals surface area contributed by atoms with Crippen LogP contribution in [0, 0.1) is 0 Å². The van der Waals surface area contributed by atoms with Gasteiger partial charge in [0.15, 0.2) is 0 Å². The molecule has 0 saturated heterocycles. The molecule has 0 nitrogen and oxygen atoms in total. The van der Waals surface area contributed by atoms with E-state index in [2.05, 4.69) is 26.4 Å². The Labute approximate surface area is 93.2 Å². The summed E-state index contributed by atoms with van der Waals surface area (Å²) in [5, 5.41) is 0. The topological polar surface area (TPSA) is 0 Å². The summed E-state index contributed by atoms with van der Waals surface area (Å²) in [4.78, 5) is 0. The Hall–Kier alpha value is 0.350. The van der Waals surface area contributed by atoms with Crippen molar-refractivity contribution in [3.8, 4) is 0 Å². The second-order valence-electron chi connectivity index (χ2n) is 4.94. The Balaban J connectivity index is 3.35. The summed E-state index contributed by atoms with van der Waals surface area (Å²) in [6.45, 7) is 4.59. The minimum atomic E-state index is -0.231. The van der Waals surface area contributed by atoms with Gasteiger partial charge in [0.1, 0.15) is 0 Å². The van der Waals surface area contributed by atoms with Crippen molar-refractivity contribution >= 4 is 10.0 Å². The average molecular weight is 218 g/mol. The zero-order chi connectivity index (χ0) is 10.9. The summed E-state index contributed by atoms with van der Waals surface area (Å²) in [6, 6.07) is 0. The minimum absolute atomic E-state index is 0.231. The van der Waals surface area contributed by atoms with Crippen molar-refractivity contribution < 1.29 is 0 Å². The molecule has 88 valence electrons. The Morgan fingerprint density at radius 1 is 0.643 bits per heavy atom. The van der Waals surface area contributed by atoms with Crippen LogP contribution in [0.2, 0.25) is 0 Å². The molecule has 0 aliphatic carbocycles. The lowest BCUT2D eigenvalue weighted by molar-refractivity contribution is 0.658. The molecule has 0 saturated carbocycles. The number of unbranched alkanes of at least 4 members (excludes halogenated alkanes) is 5. The molecule has 0 rings (SSSR count). The van der Waals surface area contributed by atoms with Gasteiger partial charge in [-0.1, -0.05) is 46.0 Å². The Kier molecular flexibility index (Phi) is 8.86. The van der Waals surface area contributed by atoms with Crippen molar-refractivity contribution in [2.45, 2.75) is 58.8 Å². The fraction of sp³-hybridized carbons (Fsp3) is 1.00. The molecule has 0 spiro atoms. The highest BCUT2D eigenvalue weighted by Crippen LogP contribution is 2.41. The van der Waals surface area contributed by atoms with Crippen molar-refractivity contribution in [3.63, 3.8) is 0 Å². The first-order valence-electron chi connectivity index (χ1n) is 6.31. The van der Waals surface area contributed by atoms with E-state index in [-0.39, 0.29) is 10.0 Å². The number of rotatable bonds is 9. The van der Waals surface area contributed by atoms with Crippen molar-refractivity contribution in [2.24, 2.45) is 0 Å². The summed E-state index contributed by atoms with van der Waals surface area (Å²) in [6.07, 6.45) is 15.0.